The van der Waals surface area contributed by atoms with E-state index in [1.807, 2.05) is 32.0 Å². The van der Waals surface area contributed by atoms with Gasteiger partial charge in [-0.25, -0.2) is 0 Å². The zero-order valence-electron chi connectivity index (χ0n) is 8.97. The quantitative estimate of drug-likeness (QED) is 0.676. The summed E-state index contributed by atoms with van der Waals surface area (Å²) in [6, 6.07) is 7.90. The molecule has 0 aliphatic heterocycles. The van der Waals surface area contributed by atoms with Crippen LogP contribution in [0.15, 0.2) is 22.7 Å². The Morgan fingerprint density at radius 1 is 1.33 bits per heavy atom. The van der Waals surface area contributed by atoms with E-state index in [1.54, 1.807) is 11.3 Å². The van der Waals surface area contributed by atoms with Crippen molar-refractivity contribution >= 4 is 37.4 Å². The number of hydrogen-bond donors (Lipinski definition) is 0. The molecular formula is C12H12BrNS. The monoisotopic (exact) mass is 281 g/mol. The predicted octanol–water partition coefficient (Wildman–Crippen LogP) is 4.87. The molecule has 0 atom stereocenters. The summed E-state index contributed by atoms with van der Waals surface area (Å²) in [5, 5.41) is 9.91. The fourth-order valence-corrected chi connectivity index (χ4v) is 2.97. The van der Waals surface area contributed by atoms with Crippen LogP contribution in [0, 0.1) is 18.3 Å². The van der Waals surface area contributed by atoms with Gasteiger partial charge in [0.1, 0.15) is 0 Å². The third kappa shape index (κ3) is 2.39. The molecule has 1 heterocycles. The van der Waals surface area contributed by atoms with Gasteiger partial charge >= 0.3 is 0 Å². The SMILES string of the molecule is CC.Cc1sc2cc(C#N)ccc2c1Br. The normalized spacial score (nSPS) is 9.27. The zero-order chi connectivity index (χ0) is 11.4. The van der Waals surface area contributed by atoms with E-state index in [0.717, 1.165) is 10.0 Å². The van der Waals surface area contributed by atoms with E-state index >= 15 is 0 Å². The predicted molar refractivity (Wildman–Crippen MR) is 70.3 cm³/mol. The molecule has 0 saturated carbocycles. The minimum atomic E-state index is 0.723. The van der Waals surface area contributed by atoms with Crippen molar-refractivity contribution in [3.05, 3.63) is 33.1 Å². The summed E-state index contributed by atoms with van der Waals surface area (Å²) in [6.07, 6.45) is 0. The average Bonchev–Trinajstić information content (AvgIpc) is 2.57. The summed E-state index contributed by atoms with van der Waals surface area (Å²) in [7, 11) is 0. The van der Waals surface area contributed by atoms with Gasteiger partial charge in [0.15, 0.2) is 0 Å². The number of rotatable bonds is 0. The number of nitriles is 1. The summed E-state index contributed by atoms with van der Waals surface area (Å²) < 4.78 is 2.32. The molecule has 1 nitrogen and oxygen atoms in total. The van der Waals surface area contributed by atoms with Gasteiger partial charge < -0.3 is 0 Å². The number of thiophene rings is 1. The van der Waals surface area contributed by atoms with Crippen molar-refractivity contribution in [2.75, 3.05) is 0 Å². The minimum Gasteiger partial charge on any atom is -0.192 e. The fourth-order valence-electron chi connectivity index (χ4n) is 1.26. The van der Waals surface area contributed by atoms with Crippen molar-refractivity contribution in [2.45, 2.75) is 20.8 Å². The zero-order valence-corrected chi connectivity index (χ0v) is 11.4. The van der Waals surface area contributed by atoms with E-state index in [0.29, 0.717) is 0 Å². The smallest absolute Gasteiger partial charge is 0.0992 e. The van der Waals surface area contributed by atoms with Crippen molar-refractivity contribution in [1.82, 2.24) is 0 Å². The molecule has 0 spiro atoms. The molecule has 0 saturated heterocycles. The van der Waals surface area contributed by atoms with Crippen LogP contribution in [-0.2, 0) is 0 Å². The van der Waals surface area contributed by atoms with E-state index in [1.165, 1.54) is 15.0 Å². The van der Waals surface area contributed by atoms with Crippen LogP contribution in [-0.4, -0.2) is 0 Å². The topological polar surface area (TPSA) is 23.8 Å². The highest BCUT2D eigenvalue weighted by molar-refractivity contribution is 9.10. The lowest BCUT2D eigenvalue weighted by Gasteiger charge is -1.90. The Labute approximate surface area is 102 Å². The second kappa shape index (κ2) is 5.29. The molecule has 0 fully saturated rings. The Balaban J connectivity index is 0.000000531. The van der Waals surface area contributed by atoms with Gasteiger partial charge in [0.2, 0.25) is 0 Å². The summed E-state index contributed by atoms with van der Waals surface area (Å²) in [5.41, 5.74) is 0.723. The first-order valence-corrected chi connectivity index (χ1v) is 6.42. The molecule has 0 radical (unpaired) electrons. The highest BCUT2D eigenvalue weighted by atomic mass is 79.9. The van der Waals surface area contributed by atoms with Gasteiger partial charge in [-0.2, -0.15) is 5.26 Å². The summed E-state index contributed by atoms with van der Waals surface area (Å²) in [6.45, 7) is 6.07. The minimum absolute atomic E-state index is 0.723. The molecule has 0 bridgehead atoms. The first-order valence-electron chi connectivity index (χ1n) is 4.81. The van der Waals surface area contributed by atoms with Crippen LogP contribution < -0.4 is 0 Å². The Hall–Kier alpha value is -0.850. The maximum absolute atomic E-state index is 8.72. The van der Waals surface area contributed by atoms with Crippen molar-refractivity contribution in [2.24, 2.45) is 0 Å². The molecule has 78 valence electrons. The number of hydrogen-bond acceptors (Lipinski definition) is 2. The van der Waals surface area contributed by atoms with Crippen LogP contribution in [0.1, 0.15) is 24.3 Å². The highest BCUT2D eigenvalue weighted by Gasteiger charge is 2.05. The standard InChI is InChI=1S/C10H6BrNS.C2H6/c1-6-10(11)8-3-2-7(5-12)4-9(8)13-6;1-2/h2-4H,1H3;1-2H3. The van der Waals surface area contributed by atoms with Crippen molar-refractivity contribution in [1.29, 1.82) is 5.26 Å². The van der Waals surface area contributed by atoms with Crippen molar-refractivity contribution < 1.29 is 0 Å². The molecule has 0 aliphatic rings. The van der Waals surface area contributed by atoms with Gasteiger partial charge in [0, 0.05) is 19.4 Å². The number of aryl methyl sites for hydroxylation is 1. The van der Waals surface area contributed by atoms with Crippen LogP contribution in [0.4, 0.5) is 0 Å². The molecule has 2 rings (SSSR count). The maximum atomic E-state index is 8.72. The van der Waals surface area contributed by atoms with Gasteiger partial charge in [-0.05, 0) is 35.0 Å². The van der Waals surface area contributed by atoms with Gasteiger partial charge in [0.05, 0.1) is 11.6 Å². The number of fused-ring (bicyclic) bond motifs is 1. The molecule has 0 N–H and O–H groups in total. The largest absolute Gasteiger partial charge is 0.192 e. The lowest BCUT2D eigenvalue weighted by atomic mass is 10.2. The van der Waals surface area contributed by atoms with Crippen molar-refractivity contribution in [3.8, 4) is 6.07 Å². The molecular weight excluding hydrogens is 270 g/mol. The molecule has 0 aliphatic carbocycles. The molecule has 2 aromatic rings. The number of nitrogens with zero attached hydrogens (tertiary/aromatic N) is 1. The molecule has 3 heteroatoms. The Morgan fingerprint density at radius 2 is 2.00 bits per heavy atom. The van der Waals surface area contributed by atoms with Gasteiger partial charge in [-0.15, -0.1) is 11.3 Å². The lowest BCUT2D eigenvalue weighted by molar-refractivity contribution is 1.50. The van der Waals surface area contributed by atoms with E-state index in [2.05, 4.69) is 28.9 Å². The summed E-state index contributed by atoms with van der Waals surface area (Å²) in [4.78, 5) is 1.25. The molecule has 0 unspecified atom stereocenters. The van der Waals surface area contributed by atoms with E-state index in [4.69, 9.17) is 5.26 Å². The summed E-state index contributed by atoms with van der Waals surface area (Å²) >= 11 is 5.24. The highest BCUT2D eigenvalue weighted by Crippen LogP contribution is 2.35. The molecule has 15 heavy (non-hydrogen) atoms. The fraction of sp³-hybridized carbons (Fsp3) is 0.250. The van der Waals surface area contributed by atoms with Crippen molar-refractivity contribution in [3.63, 3.8) is 0 Å². The number of halogens is 1. The third-order valence-corrected chi connectivity index (χ3v) is 4.27. The Kier molecular flexibility index (Phi) is 4.31. The Bertz CT molecular complexity index is 508. The molecule has 0 amide bonds. The van der Waals surface area contributed by atoms with Crippen LogP contribution >= 0.6 is 27.3 Å². The van der Waals surface area contributed by atoms with E-state index in [-0.39, 0.29) is 0 Å². The van der Waals surface area contributed by atoms with Gasteiger partial charge in [-0.3, -0.25) is 0 Å². The summed E-state index contributed by atoms with van der Waals surface area (Å²) in [5.74, 6) is 0. The molecule has 1 aromatic heterocycles. The van der Waals surface area contributed by atoms with Gasteiger partial charge in [-0.1, -0.05) is 19.9 Å². The average molecular weight is 282 g/mol. The first-order chi connectivity index (χ1) is 7.22. The second-order valence-electron chi connectivity index (χ2n) is 2.79. The van der Waals surface area contributed by atoms with Crippen LogP contribution in [0.5, 0.6) is 0 Å². The Morgan fingerprint density at radius 3 is 2.60 bits per heavy atom. The number of benzene rings is 1. The molecule has 1 aromatic carbocycles. The first kappa shape index (κ1) is 12.2. The third-order valence-electron chi connectivity index (χ3n) is 1.92. The lowest BCUT2D eigenvalue weighted by Crippen LogP contribution is -1.71. The van der Waals surface area contributed by atoms with Crippen LogP contribution in [0.3, 0.4) is 0 Å². The van der Waals surface area contributed by atoms with E-state index < -0.39 is 0 Å². The van der Waals surface area contributed by atoms with Gasteiger partial charge in [0.25, 0.3) is 0 Å². The van der Waals surface area contributed by atoms with E-state index in [9.17, 15) is 0 Å². The van der Waals surface area contributed by atoms with Crippen LogP contribution in [0.25, 0.3) is 10.1 Å². The van der Waals surface area contributed by atoms with Crippen LogP contribution in [0.2, 0.25) is 0 Å². The maximum Gasteiger partial charge on any atom is 0.0992 e. The second-order valence-corrected chi connectivity index (χ2v) is 4.84.